The lowest BCUT2D eigenvalue weighted by atomic mass is 10.1. The summed E-state index contributed by atoms with van der Waals surface area (Å²) in [4.78, 5) is 12.0. The number of anilines is 1. The Labute approximate surface area is 171 Å². The van der Waals surface area contributed by atoms with Crippen LogP contribution in [0.25, 0.3) is 10.8 Å². The van der Waals surface area contributed by atoms with Crippen molar-refractivity contribution in [3.8, 4) is 11.5 Å². The van der Waals surface area contributed by atoms with Gasteiger partial charge in [-0.25, -0.2) is 5.43 Å². The predicted octanol–water partition coefficient (Wildman–Crippen LogP) is 4.18. The van der Waals surface area contributed by atoms with Crippen molar-refractivity contribution in [3.05, 3.63) is 64.6 Å². The Morgan fingerprint density at radius 3 is 2.54 bits per heavy atom. The highest BCUT2D eigenvalue weighted by molar-refractivity contribution is 9.10. The number of hydrogen-bond donors (Lipinski definition) is 2. The second-order valence-corrected chi connectivity index (χ2v) is 6.79. The Morgan fingerprint density at radius 2 is 1.79 bits per heavy atom. The molecule has 3 aromatic carbocycles. The molecule has 0 heterocycles. The molecule has 0 bridgehead atoms. The summed E-state index contributed by atoms with van der Waals surface area (Å²) in [6.45, 7) is 0.110. The van der Waals surface area contributed by atoms with E-state index >= 15 is 0 Å². The third-order valence-electron chi connectivity index (χ3n) is 4.10. The lowest BCUT2D eigenvalue weighted by Gasteiger charge is -2.09. The van der Waals surface area contributed by atoms with E-state index in [9.17, 15) is 4.79 Å². The number of ether oxygens (including phenoxy) is 2. The van der Waals surface area contributed by atoms with Crippen LogP contribution in [0.4, 0.5) is 5.69 Å². The van der Waals surface area contributed by atoms with Gasteiger partial charge in [-0.2, -0.15) is 5.10 Å². The maximum absolute atomic E-state index is 12.0. The van der Waals surface area contributed by atoms with Gasteiger partial charge in [-0.1, -0.05) is 30.3 Å². The summed E-state index contributed by atoms with van der Waals surface area (Å²) in [6.07, 6.45) is 1.52. The first-order valence-electron chi connectivity index (χ1n) is 8.57. The number of nitrogens with one attached hydrogen (secondary N) is 2. The van der Waals surface area contributed by atoms with Crippen molar-refractivity contribution in [2.45, 2.75) is 0 Å². The van der Waals surface area contributed by atoms with Crippen LogP contribution in [0.1, 0.15) is 5.56 Å². The Morgan fingerprint density at radius 1 is 1.04 bits per heavy atom. The number of fused-ring (bicyclic) bond motifs is 1. The minimum absolute atomic E-state index is 0.110. The minimum atomic E-state index is -0.254. The number of carbonyl (C=O) groups is 1. The quantitative estimate of drug-likeness (QED) is 0.426. The first-order valence-corrected chi connectivity index (χ1v) is 9.36. The molecule has 0 aliphatic carbocycles. The topological polar surface area (TPSA) is 72.0 Å². The normalized spacial score (nSPS) is 10.8. The average molecular weight is 442 g/mol. The first-order chi connectivity index (χ1) is 13.6. The number of methoxy groups -OCH3 is 2. The van der Waals surface area contributed by atoms with Crippen molar-refractivity contribution in [1.29, 1.82) is 0 Å². The predicted molar refractivity (Wildman–Crippen MR) is 115 cm³/mol. The molecular weight excluding hydrogens is 422 g/mol. The van der Waals surface area contributed by atoms with Gasteiger partial charge in [0.2, 0.25) is 0 Å². The van der Waals surface area contributed by atoms with E-state index < -0.39 is 0 Å². The van der Waals surface area contributed by atoms with Gasteiger partial charge in [-0.05, 0) is 44.9 Å². The molecule has 3 rings (SSSR count). The van der Waals surface area contributed by atoms with Crippen molar-refractivity contribution < 1.29 is 14.3 Å². The highest BCUT2D eigenvalue weighted by atomic mass is 79.9. The maximum Gasteiger partial charge on any atom is 0.259 e. The van der Waals surface area contributed by atoms with Crippen LogP contribution in [0.15, 0.2) is 64.2 Å². The minimum Gasteiger partial charge on any atom is -0.496 e. The molecule has 144 valence electrons. The fourth-order valence-electron chi connectivity index (χ4n) is 2.68. The van der Waals surface area contributed by atoms with Crippen LogP contribution < -0.4 is 20.2 Å². The summed E-state index contributed by atoms with van der Waals surface area (Å²) in [5.41, 5.74) is 4.08. The van der Waals surface area contributed by atoms with Gasteiger partial charge in [0.15, 0.2) is 0 Å². The zero-order valence-corrected chi connectivity index (χ0v) is 17.1. The zero-order chi connectivity index (χ0) is 19.9. The van der Waals surface area contributed by atoms with E-state index in [-0.39, 0.29) is 12.5 Å². The van der Waals surface area contributed by atoms with Crippen molar-refractivity contribution in [3.63, 3.8) is 0 Å². The van der Waals surface area contributed by atoms with Crippen LogP contribution >= 0.6 is 15.9 Å². The smallest absolute Gasteiger partial charge is 0.259 e. The van der Waals surface area contributed by atoms with Crippen LogP contribution in [0.2, 0.25) is 0 Å². The van der Waals surface area contributed by atoms with Crippen LogP contribution in [0.3, 0.4) is 0 Å². The van der Waals surface area contributed by atoms with E-state index in [0.717, 1.165) is 20.9 Å². The monoisotopic (exact) mass is 441 g/mol. The molecule has 0 saturated heterocycles. The van der Waals surface area contributed by atoms with Gasteiger partial charge >= 0.3 is 0 Å². The Kier molecular flexibility index (Phi) is 6.49. The molecule has 0 fully saturated rings. The molecule has 0 atom stereocenters. The van der Waals surface area contributed by atoms with E-state index in [0.29, 0.717) is 17.1 Å². The molecule has 0 saturated carbocycles. The highest BCUT2D eigenvalue weighted by Crippen LogP contribution is 2.31. The molecule has 0 unspecified atom stereocenters. The van der Waals surface area contributed by atoms with Gasteiger partial charge in [0.25, 0.3) is 5.91 Å². The molecule has 7 heteroatoms. The van der Waals surface area contributed by atoms with Gasteiger partial charge in [0.05, 0.1) is 31.5 Å². The summed E-state index contributed by atoms with van der Waals surface area (Å²) >= 11 is 3.42. The van der Waals surface area contributed by atoms with E-state index in [1.54, 1.807) is 26.4 Å². The molecule has 1 amide bonds. The van der Waals surface area contributed by atoms with Crippen LogP contribution in [0.5, 0.6) is 11.5 Å². The summed E-state index contributed by atoms with van der Waals surface area (Å²) in [7, 11) is 3.14. The van der Waals surface area contributed by atoms with Gasteiger partial charge in [-0.3, -0.25) is 4.79 Å². The molecular formula is C21H20BrN3O3. The van der Waals surface area contributed by atoms with Crippen molar-refractivity contribution in [2.24, 2.45) is 5.10 Å². The highest BCUT2D eigenvalue weighted by Gasteiger charge is 2.08. The second-order valence-electron chi connectivity index (χ2n) is 5.94. The molecule has 0 radical (unpaired) electrons. The number of hydrogen-bond acceptors (Lipinski definition) is 5. The average Bonchev–Trinajstić information content (AvgIpc) is 2.72. The van der Waals surface area contributed by atoms with E-state index in [4.69, 9.17) is 9.47 Å². The Hall–Kier alpha value is -3.06. The second kappa shape index (κ2) is 9.23. The molecule has 0 aliphatic rings. The van der Waals surface area contributed by atoms with Crippen molar-refractivity contribution in [2.75, 3.05) is 26.1 Å². The molecule has 0 spiro atoms. The summed E-state index contributed by atoms with van der Waals surface area (Å²) in [5, 5.41) is 9.37. The maximum atomic E-state index is 12.0. The zero-order valence-electron chi connectivity index (χ0n) is 15.5. The Balaban J connectivity index is 1.58. The fraction of sp³-hybridized carbons (Fsp3) is 0.143. The van der Waals surface area contributed by atoms with Gasteiger partial charge < -0.3 is 14.8 Å². The molecule has 3 aromatic rings. The number of halogens is 1. The number of hydrazone groups is 1. The molecule has 0 aromatic heterocycles. The van der Waals surface area contributed by atoms with Gasteiger partial charge in [0, 0.05) is 17.3 Å². The number of carbonyl (C=O) groups excluding carboxylic acids is 1. The number of nitrogens with zero attached hydrogens (tertiary/aromatic N) is 1. The lowest BCUT2D eigenvalue weighted by molar-refractivity contribution is -0.119. The number of amides is 1. The Bertz CT molecular complexity index is 1020. The standard InChI is InChI=1S/C21H20BrN3O3/c1-27-19-11-20(28-2)18(22)10-16(19)12-24-25-21(26)13-23-17-8-7-14-5-3-4-6-15(14)9-17/h3-12,23H,13H2,1-2H3,(H,25,26)/b24-12-. The fourth-order valence-corrected chi connectivity index (χ4v) is 3.20. The number of benzene rings is 3. The van der Waals surface area contributed by atoms with Crippen molar-refractivity contribution in [1.82, 2.24) is 5.43 Å². The lowest BCUT2D eigenvalue weighted by Crippen LogP contribution is -2.25. The van der Waals surface area contributed by atoms with Gasteiger partial charge in [-0.15, -0.1) is 0 Å². The van der Waals surface area contributed by atoms with Crippen molar-refractivity contribution >= 4 is 44.5 Å². The van der Waals surface area contributed by atoms with Crippen LogP contribution in [-0.2, 0) is 4.79 Å². The molecule has 28 heavy (non-hydrogen) atoms. The summed E-state index contributed by atoms with van der Waals surface area (Å²) in [6, 6.07) is 17.6. The third-order valence-corrected chi connectivity index (χ3v) is 4.72. The first kappa shape index (κ1) is 19.7. The van der Waals surface area contributed by atoms with Gasteiger partial charge in [0.1, 0.15) is 11.5 Å². The molecule has 2 N–H and O–H groups in total. The van der Waals surface area contributed by atoms with E-state index in [1.165, 1.54) is 6.21 Å². The van der Waals surface area contributed by atoms with E-state index in [1.807, 2.05) is 42.5 Å². The third kappa shape index (κ3) is 4.80. The van der Waals surface area contributed by atoms with Crippen LogP contribution in [-0.4, -0.2) is 32.9 Å². The number of rotatable bonds is 7. The SMILES string of the molecule is COc1cc(OC)c(/C=N\NC(=O)CNc2ccc3ccccc3c2)cc1Br. The largest absolute Gasteiger partial charge is 0.496 e. The molecule has 0 aliphatic heterocycles. The summed E-state index contributed by atoms with van der Waals surface area (Å²) in [5.74, 6) is 0.987. The summed E-state index contributed by atoms with van der Waals surface area (Å²) < 4.78 is 11.3. The van der Waals surface area contributed by atoms with E-state index in [2.05, 4.69) is 31.8 Å². The van der Waals surface area contributed by atoms with Crippen LogP contribution in [0, 0.1) is 0 Å². The molecule has 6 nitrogen and oxygen atoms in total.